The van der Waals surface area contributed by atoms with E-state index in [0.717, 1.165) is 34.3 Å². The quantitative estimate of drug-likeness (QED) is 0.582. The monoisotopic (exact) mass is 402 g/mol. The molecule has 30 heavy (non-hydrogen) atoms. The van der Waals surface area contributed by atoms with Crippen molar-refractivity contribution in [2.24, 2.45) is 11.8 Å². The molecule has 1 heterocycles. The molecule has 1 fully saturated rings. The third-order valence-electron chi connectivity index (χ3n) is 6.45. The third kappa shape index (κ3) is 4.18. The van der Waals surface area contributed by atoms with Crippen LogP contribution in [-0.2, 0) is 0 Å². The number of hydrogen-bond acceptors (Lipinski definition) is 3. The Kier molecular flexibility index (Phi) is 6.03. The van der Waals surface area contributed by atoms with Crippen LogP contribution in [0.3, 0.4) is 0 Å². The SMILES string of the molecule is CCOc1ccc(-c2cc(C(=O)N[C@@H]3CCC[C@H](C)[C@H]3C)c3ccccc3n2)cc1. The molecule has 0 aliphatic heterocycles. The van der Waals surface area contributed by atoms with Gasteiger partial charge in [-0.3, -0.25) is 4.79 Å². The first-order valence-electron chi connectivity index (χ1n) is 11.0. The number of carbonyl (C=O) groups is 1. The first-order valence-corrected chi connectivity index (χ1v) is 11.0. The number of nitrogens with one attached hydrogen (secondary N) is 1. The lowest BCUT2D eigenvalue weighted by Gasteiger charge is -2.34. The molecule has 0 unspecified atom stereocenters. The van der Waals surface area contributed by atoms with Crippen LogP contribution in [0.1, 0.15) is 50.4 Å². The number of carbonyl (C=O) groups excluding carboxylic acids is 1. The molecule has 4 rings (SSSR count). The van der Waals surface area contributed by atoms with Gasteiger partial charge in [-0.2, -0.15) is 0 Å². The van der Waals surface area contributed by atoms with E-state index in [4.69, 9.17) is 9.72 Å². The molecule has 1 saturated carbocycles. The van der Waals surface area contributed by atoms with Gasteiger partial charge in [0.2, 0.25) is 0 Å². The van der Waals surface area contributed by atoms with Gasteiger partial charge in [0.05, 0.1) is 23.4 Å². The Hall–Kier alpha value is -2.88. The van der Waals surface area contributed by atoms with Gasteiger partial charge in [-0.1, -0.05) is 44.9 Å². The normalized spacial score (nSPS) is 21.4. The average Bonchev–Trinajstić information content (AvgIpc) is 2.77. The van der Waals surface area contributed by atoms with E-state index < -0.39 is 0 Å². The number of nitrogens with zero attached hydrogens (tertiary/aromatic N) is 1. The molecular weight excluding hydrogens is 372 g/mol. The van der Waals surface area contributed by atoms with E-state index in [1.807, 2.05) is 61.5 Å². The molecule has 1 N–H and O–H groups in total. The molecule has 0 bridgehead atoms. The van der Waals surface area contributed by atoms with E-state index >= 15 is 0 Å². The van der Waals surface area contributed by atoms with Crippen LogP contribution in [0.5, 0.6) is 5.75 Å². The van der Waals surface area contributed by atoms with Crippen molar-refractivity contribution in [3.05, 3.63) is 60.2 Å². The van der Waals surface area contributed by atoms with Crippen LogP contribution in [0, 0.1) is 11.8 Å². The zero-order valence-electron chi connectivity index (χ0n) is 18.0. The second-order valence-corrected chi connectivity index (χ2v) is 8.38. The lowest BCUT2D eigenvalue weighted by atomic mass is 9.78. The lowest BCUT2D eigenvalue weighted by Crippen LogP contribution is -2.43. The number of aromatic nitrogens is 1. The van der Waals surface area contributed by atoms with Crippen LogP contribution in [0.4, 0.5) is 0 Å². The van der Waals surface area contributed by atoms with Crippen LogP contribution < -0.4 is 10.1 Å². The van der Waals surface area contributed by atoms with Crippen molar-refractivity contribution in [3.8, 4) is 17.0 Å². The number of rotatable bonds is 5. The molecule has 0 spiro atoms. The van der Waals surface area contributed by atoms with Crippen molar-refractivity contribution in [1.29, 1.82) is 0 Å². The van der Waals surface area contributed by atoms with Crippen molar-refractivity contribution < 1.29 is 9.53 Å². The number of amides is 1. The van der Waals surface area contributed by atoms with Crippen LogP contribution in [-0.4, -0.2) is 23.5 Å². The Labute approximate surface area is 178 Å². The van der Waals surface area contributed by atoms with Crippen molar-refractivity contribution in [2.45, 2.75) is 46.1 Å². The summed E-state index contributed by atoms with van der Waals surface area (Å²) in [5, 5.41) is 4.22. The highest BCUT2D eigenvalue weighted by Crippen LogP contribution is 2.31. The number of fused-ring (bicyclic) bond motifs is 1. The van der Waals surface area contributed by atoms with E-state index in [-0.39, 0.29) is 11.9 Å². The molecule has 4 nitrogen and oxygen atoms in total. The predicted molar refractivity (Wildman–Crippen MR) is 122 cm³/mol. The fourth-order valence-corrected chi connectivity index (χ4v) is 4.43. The van der Waals surface area contributed by atoms with E-state index in [9.17, 15) is 4.79 Å². The Bertz CT molecular complexity index is 1030. The third-order valence-corrected chi connectivity index (χ3v) is 6.45. The van der Waals surface area contributed by atoms with Crippen molar-refractivity contribution in [2.75, 3.05) is 6.61 Å². The van der Waals surface area contributed by atoms with Gasteiger partial charge >= 0.3 is 0 Å². The number of para-hydroxylation sites is 1. The minimum Gasteiger partial charge on any atom is -0.494 e. The second-order valence-electron chi connectivity index (χ2n) is 8.38. The van der Waals surface area contributed by atoms with Gasteiger partial charge in [0.15, 0.2) is 0 Å². The molecule has 3 aromatic rings. The summed E-state index contributed by atoms with van der Waals surface area (Å²) in [5.74, 6) is 1.95. The molecule has 4 heteroatoms. The molecule has 156 valence electrons. The van der Waals surface area contributed by atoms with E-state index in [2.05, 4.69) is 19.2 Å². The minimum atomic E-state index is -0.00765. The Morgan fingerprint density at radius 1 is 1.10 bits per heavy atom. The van der Waals surface area contributed by atoms with Gasteiger partial charge in [0.25, 0.3) is 5.91 Å². The van der Waals surface area contributed by atoms with Crippen molar-refractivity contribution >= 4 is 16.8 Å². The lowest BCUT2D eigenvalue weighted by molar-refractivity contribution is 0.0892. The zero-order chi connectivity index (χ0) is 21.1. The maximum absolute atomic E-state index is 13.3. The fraction of sp³-hybridized carbons (Fsp3) is 0.385. The molecule has 1 aliphatic rings. The van der Waals surface area contributed by atoms with E-state index in [1.54, 1.807) is 0 Å². The highest BCUT2D eigenvalue weighted by atomic mass is 16.5. The topological polar surface area (TPSA) is 51.2 Å². The molecule has 0 saturated heterocycles. The second kappa shape index (κ2) is 8.86. The maximum Gasteiger partial charge on any atom is 0.252 e. The summed E-state index contributed by atoms with van der Waals surface area (Å²) in [5.41, 5.74) is 3.29. The summed E-state index contributed by atoms with van der Waals surface area (Å²) in [4.78, 5) is 18.2. The minimum absolute atomic E-state index is 0.00765. The molecule has 1 aliphatic carbocycles. The van der Waals surface area contributed by atoms with Gasteiger partial charge in [-0.25, -0.2) is 4.98 Å². The van der Waals surface area contributed by atoms with Crippen molar-refractivity contribution in [1.82, 2.24) is 10.3 Å². The number of pyridine rings is 1. The van der Waals surface area contributed by atoms with Gasteiger partial charge in [-0.05, 0) is 61.6 Å². The summed E-state index contributed by atoms with van der Waals surface area (Å²) in [7, 11) is 0. The summed E-state index contributed by atoms with van der Waals surface area (Å²) in [6.07, 6.45) is 3.46. The first-order chi connectivity index (χ1) is 14.6. The van der Waals surface area contributed by atoms with Gasteiger partial charge in [0, 0.05) is 17.0 Å². The average molecular weight is 403 g/mol. The molecule has 0 radical (unpaired) electrons. The van der Waals surface area contributed by atoms with Gasteiger partial charge in [-0.15, -0.1) is 0 Å². The highest BCUT2D eigenvalue weighted by Gasteiger charge is 2.29. The summed E-state index contributed by atoms with van der Waals surface area (Å²) in [6.45, 7) is 7.15. The molecule has 1 amide bonds. The molecule has 2 aromatic carbocycles. The van der Waals surface area contributed by atoms with Crippen LogP contribution in [0.15, 0.2) is 54.6 Å². The Balaban J connectivity index is 1.69. The molecular formula is C26H30N2O2. The van der Waals surface area contributed by atoms with E-state index in [1.165, 1.54) is 12.8 Å². The Morgan fingerprint density at radius 3 is 2.63 bits per heavy atom. The van der Waals surface area contributed by atoms with Crippen LogP contribution in [0.25, 0.3) is 22.2 Å². The summed E-state index contributed by atoms with van der Waals surface area (Å²) < 4.78 is 5.55. The molecule has 3 atom stereocenters. The highest BCUT2D eigenvalue weighted by molar-refractivity contribution is 6.07. The largest absolute Gasteiger partial charge is 0.494 e. The van der Waals surface area contributed by atoms with Gasteiger partial charge in [0.1, 0.15) is 5.75 Å². The number of hydrogen-bond donors (Lipinski definition) is 1. The van der Waals surface area contributed by atoms with Crippen LogP contribution in [0.2, 0.25) is 0 Å². The smallest absolute Gasteiger partial charge is 0.252 e. The predicted octanol–water partition coefficient (Wildman–Crippen LogP) is 5.86. The van der Waals surface area contributed by atoms with Gasteiger partial charge < -0.3 is 10.1 Å². The van der Waals surface area contributed by atoms with E-state index in [0.29, 0.717) is 24.0 Å². The maximum atomic E-state index is 13.3. The van der Waals surface area contributed by atoms with Crippen LogP contribution >= 0.6 is 0 Å². The first kappa shape index (κ1) is 20.4. The zero-order valence-corrected chi connectivity index (χ0v) is 18.0. The number of benzene rings is 2. The number of ether oxygens (including phenoxy) is 1. The Morgan fingerprint density at radius 2 is 1.87 bits per heavy atom. The summed E-state index contributed by atoms with van der Waals surface area (Å²) in [6, 6.07) is 17.9. The van der Waals surface area contributed by atoms with Crippen molar-refractivity contribution in [3.63, 3.8) is 0 Å². The fourth-order valence-electron chi connectivity index (χ4n) is 4.43. The molecule has 1 aromatic heterocycles. The summed E-state index contributed by atoms with van der Waals surface area (Å²) >= 11 is 0. The standard InChI is InChI=1S/C26H30N2O2/c1-4-30-20-14-12-19(13-15-20)25-16-22(21-9-5-6-10-24(21)27-25)26(29)28-23-11-7-8-17(2)18(23)3/h5-6,9-10,12-18,23H,4,7-8,11H2,1-3H3,(H,28,29)/t17-,18+,23+/m0/s1.